The first-order chi connectivity index (χ1) is 10.0. The second-order valence-electron chi connectivity index (χ2n) is 5.07. The molecule has 0 fully saturated rings. The van der Waals surface area contributed by atoms with Crippen molar-refractivity contribution in [2.75, 3.05) is 6.54 Å². The van der Waals surface area contributed by atoms with Gasteiger partial charge < -0.3 is 5.32 Å². The number of hydrogen-bond acceptors (Lipinski definition) is 1. The van der Waals surface area contributed by atoms with E-state index in [1.54, 1.807) is 19.1 Å². The highest BCUT2D eigenvalue weighted by Crippen LogP contribution is 2.28. The molecule has 0 saturated carbocycles. The smallest absolute Gasteiger partial charge is 0.127 e. The summed E-state index contributed by atoms with van der Waals surface area (Å²) < 4.78 is 26.8. The van der Waals surface area contributed by atoms with Crippen molar-refractivity contribution in [3.63, 3.8) is 0 Å². The molecule has 0 amide bonds. The lowest BCUT2D eigenvalue weighted by atomic mass is 9.97. The molecule has 1 unspecified atom stereocenters. The van der Waals surface area contributed by atoms with Crippen LogP contribution in [0.3, 0.4) is 0 Å². The molecular formula is C17H18ClF2N. The summed E-state index contributed by atoms with van der Waals surface area (Å²) in [4.78, 5) is 0. The van der Waals surface area contributed by atoms with Gasteiger partial charge in [0.25, 0.3) is 0 Å². The third kappa shape index (κ3) is 4.02. The summed E-state index contributed by atoms with van der Waals surface area (Å²) in [7, 11) is 0. The maximum Gasteiger partial charge on any atom is 0.127 e. The zero-order valence-corrected chi connectivity index (χ0v) is 12.8. The number of aryl methyl sites for hydroxylation is 1. The summed E-state index contributed by atoms with van der Waals surface area (Å²) in [5, 5.41) is 3.71. The van der Waals surface area contributed by atoms with Gasteiger partial charge in [-0.1, -0.05) is 36.7 Å². The quantitative estimate of drug-likeness (QED) is 0.835. The number of likely N-dealkylation sites (N-methyl/N-ethyl adjacent to an activating group) is 1. The van der Waals surface area contributed by atoms with Crippen molar-refractivity contribution >= 4 is 11.6 Å². The van der Waals surface area contributed by atoms with Gasteiger partial charge in [0, 0.05) is 11.1 Å². The number of halogens is 3. The molecule has 0 aliphatic rings. The maximum atomic E-state index is 13.5. The van der Waals surface area contributed by atoms with Crippen LogP contribution in [0.1, 0.15) is 29.7 Å². The number of benzene rings is 2. The van der Waals surface area contributed by atoms with Crippen molar-refractivity contribution < 1.29 is 8.78 Å². The third-order valence-electron chi connectivity index (χ3n) is 3.43. The first-order valence-electron chi connectivity index (χ1n) is 6.94. The number of nitrogens with one attached hydrogen (secondary N) is 1. The van der Waals surface area contributed by atoms with Crippen molar-refractivity contribution in [3.05, 3.63) is 69.7 Å². The van der Waals surface area contributed by atoms with Crippen LogP contribution in [0.15, 0.2) is 36.4 Å². The van der Waals surface area contributed by atoms with E-state index in [0.29, 0.717) is 17.0 Å². The summed E-state index contributed by atoms with van der Waals surface area (Å²) in [5.74, 6) is -0.575. The maximum absolute atomic E-state index is 13.5. The van der Waals surface area contributed by atoms with Crippen LogP contribution in [0.2, 0.25) is 5.02 Å². The highest BCUT2D eigenvalue weighted by atomic mass is 35.5. The first kappa shape index (κ1) is 15.9. The SMILES string of the molecule is CCNC(Cc1cccc(F)c1)c1cc(C)c(F)cc1Cl. The van der Waals surface area contributed by atoms with Gasteiger partial charge in [0.2, 0.25) is 0 Å². The molecule has 2 rings (SSSR count). The zero-order chi connectivity index (χ0) is 15.4. The van der Waals surface area contributed by atoms with Gasteiger partial charge in [0.1, 0.15) is 11.6 Å². The minimum absolute atomic E-state index is 0.0800. The molecule has 0 radical (unpaired) electrons. The fourth-order valence-electron chi connectivity index (χ4n) is 2.38. The van der Waals surface area contributed by atoms with Gasteiger partial charge >= 0.3 is 0 Å². The number of rotatable bonds is 5. The van der Waals surface area contributed by atoms with E-state index in [1.807, 2.05) is 13.0 Å². The Kier molecular flexibility index (Phi) is 5.32. The molecule has 0 aliphatic carbocycles. The third-order valence-corrected chi connectivity index (χ3v) is 3.76. The predicted octanol–water partition coefficient (Wildman–Crippen LogP) is 4.82. The second-order valence-corrected chi connectivity index (χ2v) is 5.47. The van der Waals surface area contributed by atoms with Gasteiger partial charge in [0.15, 0.2) is 0 Å². The molecule has 0 aromatic heterocycles. The van der Waals surface area contributed by atoms with Crippen LogP contribution in [0.25, 0.3) is 0 Å². The van der Waals surface area contributed by atoms with E-state index in [9.17, 15) is 8.78 Å². The molecule has 2 aromatic carbocycles. The van der Waals surface area contributed by atoms with Crippen LogP contribution in [0.5, 0.6) is 0 Å². The van der Waals surface area contributed by atoms with Gasteiger partial charge in [-0.05, 0) is 54.8 Å². The molecule has 21 heavy (non-hydrogen) atoms. The van der Waals surface area contributed by atoms with Gasteiger partial charge in [-0.25, -0.2) is 8.78 Å². The lowest BCUT2D eigenvalue weighted by Crippen LogP contribution is -2.23. The largest absolute Gasteiger partial charge is 0.310 e. The molecule has 112 valence electrons. The molecule has 1 nitrogen and oxygen atoms in total. The van der Waals surface area contributed by atoms with E-state index >= 15 is 0 Å². The van der Waals surface area contributed by atoms with E-state index in [1.165, 1.54) is 18.2 Å². The van der Waals surface area contributed by atoms with E-state index in [-0.39, 0.29) is 17.7 Å². The van der Waals surface area contributed by atoms with Crippen LogP contribution in [-0.2, 0) is 6.42 Å². The minimum atomic E-state index is -0.315. The summed E-state index contributed by atoms with van der Waals surface area (Å²) in [6, 6.07) is 9.49. The zero-order valence-electron chi connectivity index (χ0n) is 12.1. The van der Waals surface area contributed by atoms with Crippen molar-refractivity contribution in [2.45, 2.75) is 26.3 Å². The van der Waals surface area contributed by atoms with Crippen LogP contribution in [-0.4, -0.2) is 6.54 Å². The van der Waals surface area contributed by atoms with Gasteiger partial charge in [-0.3, -0.25) is 0 Å². The first-order valence-corrected chi connectivity index (χ1v) is 7.32. The van der Waals surface area contributed by atoms with Gasteiger partial charge in [-0.2, -0.15) is 0 Å². The van der Waals surface area contributed by atoms with Gasteiger partial charge in [0.05, 0.1) is 0 Å². The van der Waals surface area contributed by atoms with Crippen molar-refractivity contribution in [1.82, 2.24) is 5.32 Å². The van der Waals surface area contributed by atoms with Crippen LogP contribution in [0, 0.1) is 18.6 Å². The topological polar surface area (TPSA) is 12.0 Å². The van der Waals surface area contributed by atoms with Gasteiger partial charge in [-0.15, -0.1) is 0 Å². The van der Waals surface area contributed by atoms with E-state index < -0.39 is 0 Å². The molecule has 0 bridgehead atoms. The monoisotopic (exact) mass is 309 g/mol. The molecule has 4 heteroatoms. The molecule has 1 N–H and O–H groups in total. The molecular weight excluding hydrogens is 292 g/mol. The number of hydrogen-bond donors (Lipinski definition) is 1. The van der Waals surface area contributed by atoms with Crippen molar-refractivity contribution in [2.24, 2.45) is 0 Å². The highest BCUT2D eigenvalue weighted by Gasteiger charge is 2.16. The average molecular weight is 310 g/mol. The fraction of sp³-hybridized carbons (Fsp3) is 0.294. The van der Waals surface area contributed by atoms with Crippen LogP contribution in [0.4, 0.5) is 8.78 Å². The summed E-state index contributed by atoms with van der Waals surface area (Å²) in [6.07, 6.45) is 0.594. The standard InChI is InChI=1S/C17H18ClF2N/c1-3-21-17(9-12-5-4-6-13(19)8-12)14-7-11(2)16(20)10-15(14)18/h4-8,10,17,21H,3,9H2,1-2H3. The Morgan fingerprint density at radius 2 is 1.95 bits per heavy atom. The Hall–Kier alpha value is -1.45. The molecule has 0 saturated heterocycles. The second kappa shape index (κ2) is 7.01. The Labute approximate surface area is 128 Å². The molecule has 1 atom stereocenters. The summed E-state index contributed by atoms with van der Waals surface area (Å²) in [5.41, 5.74) is 2.26. The van der Waals surface area contributed by atoms with E-state index in [4.69, 9.17) is 11.6 Å². The van der Waals surface area contributed by atoms with Crippen molar-refractivity contribution in [3.8, 4) is 0 Å². The summed E-state index contributed by atoms with van der Waals surface area (Å²) >= 11 is 6.18. The predicted molar refractivity (Wildman–Crippen MR) is 82.7 cm³/mol. The van der Waals surface area contributed by atoms with E-state index in [0.717, 1.165) is 17.7 Å². The molecule has 0 heterocycles. The summed E-state index contributed by atoms with van der Waals surface area (Å²) in [6.45, 7) is 4.44. The molecule has 2 aromatic rings. The van der Waals surface area contributed by atoms with E-state index in [2.05, 4.69) is 5.32 Å². The fourth-order valence-corrected chi connectivity index (χ4v) is 2.67. The van der Waals surface area contributed by atoms with Crippen molar-refractivity contribution in [1.29, 1.82) is 0 Å². The Balaban J connectivity index is 2.33. The normalized spacial score (nSPS) is 12.4. The van der Waals surface area contributed by atoms with Crippen LogP contribution < -0.4 is 5.32 Å². The Bertz CT molecular complexity index is 628. The molecule has 0 spiro atoms. The van der Waals surface area contributed by atoms with Crippen LogP contribution >= 0.6 is 11.6 Å². The Morgan fingerprint density at radius 1 is 1.19 bits per heavy atom. The molecule has 0 aliphatic heterocycles. The highest BCUT2D eigenvalue weighted by molar-refractivity contribution is 6.31. The Morgan fingerprint density at radius 3 is 2.62 bits per heavy atom. The lowest BCUT2D eigenvalue weighted by Gasteiger charge is -2.20. The average Bonchev–Trinajstić information content (AvgIpc) is 2.42. The lowest BCUT2D eigenvalue weighted by molar-refractivity contribution is 0.543. The minimum Gasteiger partial charge on any atom is -0.310 e.